The molecular formula is C72H87FN14O9S2. The second-order valence-electron chi connectivity index (χ2n) is 30.7. The normalized spacial score (nSPS) is 25.1. The van der Waals surface area contributed by atoms with Gasteiger partial charge >= 0.3 is 5.97 Å². The van der Waals surface area contributed by atoms with Crippen molar-refractivity contribution in [2.75, 3.05) is 69.2 Å². The third kappa shape index (κ3) is 13.3. The molecule has 2 saturated heterocycles. The van der Waals surface area contributed by atoms with Gasteiger partial charge in [0.15, 0.2) is 34.7 Å². The van der Waals surface area contributed by atoms with Gasteiger partial charge in [-0.05, 0) is 143 Å². The number of anilines is 4. The Bertz CT molecular complexity index is 4240. The van der Waals surface area contributed by atoms with Gasteiger partial charge in [-0.15, -0.1) is 21.5 Å². The molecule has 0 radical (unpaired) electrons. The van der Waals surface area contributed by atoms with Crippen molar-refractivity contribution >= 4 is 85.1 Å². The van der Waals surface area contributed by atoms with Crippen molar-refractivity contribution in [3.63, 3.8) is 0 Å². The Morgan fingerprint density at radius 2 is 1.65 bits per heavy atom. The summed E-state index contributed by atoms with van der Waals surface area (Å²) in [6, 6.07) is 15.1. The van der Waals surface area contributed by atoms with Gasteiger partial charge in [-0.1, -0.05) is 70.2 Å². The maximum Gasteiger partial charge on any atom is 0.355 e. The number of carbonyl (C=O) groups is 5. The van der Waals surface area contributed by atoms with Gasteiger partial charge in [0, 0.05) is 98.8 Å². The first-order valence-electron chi connectivity index (χ1n) is 34.3. The average molecular weight is 1380 g/mol. The van der Waals surface area contributed by atoms with Crippen LogP contribution in [0.1, 0.15) is 137 Å². The van der Waals surface area contributed by atoms with E-state index in [9.17, 15) is 38.6 Å². The van der Waals surface area contributed by atoms with Crippen LogP contribution in [-0.4, -0.2) is 178 Å². The number of alkyl halides is 1. The number of amides is 4. The quantitative estimate of drug-likeness (QED) is 0.0447. The Morgan fingerprint density at radius 1 is 0.888 bits per heavy atom. The first-order chi connectivity index (χ1) is 46.7. The number of ether oxygens (including phenoxy) is 2. The number of halogens is 1. The number of carboxylic acid groups (broad SMARTS) is 1. The fourth-order valence-electron chi connectivity index (χ4n) is 17.7. The van der Waals surface area contributed by atoms with Crippen LogP contribution in [0.2, 0.25) is 0 Å². The molecular weight excluding hydrogens is 1290 g/mol. The zero-order chi connectivity index (χ0) is 68.8. The SMILES string of the molecule is Cc1ncsc1-c1ccc(CNC(=O)[C@@H]2C[C@@H](O)CN2C(=O)[C@@H](NC(=O)C2(F)CC2)C(C)(C)C)c(OCC(=O)N2CCN(CCO[C@]34C[C@@]5(C)C[C@](C)(C[C@](Cn6ncc(-c7ccc(N8CCCc9c8nnc(Nc8nc%10ccccc%10s8)c9C)nc7C(=O)O)c6C)(C5)C3)C4)CC2)c1. The number of benzene rings is 2. The summed E-state index contributed by atoms with van der Waals surface area (Å²) in [5, 5.41) is 45.6. The molecule has 2 aromatic carbocycles. The molecule has 7 atom stereocenters. The van der Waals surface area contributed by atoms with E-state index in [0.29, 0.717) is 80.2 Å². The number of aryl methyl sites for hydroxylation is 1. The summed E-state index contributed by atoms with van der Waals surface area (Å²) < 4.78 is 31.6. The average Bonchev–Trinajstić information content (AvgIpc) is 0.900. The Morgan fingerprint density at radius 3 is 2.37 bits per heavy atom. The van der Waals surface area contributed by atoms with Gasteiger partial charge in [0.25, 0.3) is 11.8 Å². The number of thiazole rings is 2. The molecule has 3 aliphatic heterocycles. The molecule has 5 N–H and O–H groups in total. The highest BCUT2D eigenvalue weighted by Crippen LogP contribution is 2.72. The van der Waals surface area contributed by atoms with E-state index < -0.39 is 53.0 Å². The molecule has 5 aromatic heterocycles. The molecule has 5 saturated carbocycles. The number of aliphatic hydroxyl groups excluding tert-OH is 1. The van der Waals surface area contributed by atoms with E-state index in [1.165, 1.54) is 16.2 Å². The second-order valence-corrected chi connectivity index (χ2v) is 32.6. The van der Waals surface area contributed by atoms with Crippen LogP contribution in [0, 0.1) is 42.4 Å². The third-order valence-corrected chi connectivity index (χ3v) is 23.5. The van der Waals surface area contributed by atoms with E-state index >= 15 is 0 Å². The summed E-state index contributed by atoms with van der Waals surface area (Å²) in [5.41, 5.74) is 5.99. The van der Waals surface area contributed by atoms with Crippen molar-refractivity contribution in [1.82, 2.24) is 60.3 Å². The lowest BCUT2D eigenvalue weighted by molar-refractivity contribution is -0.249. The number of hydrogen-bond donors (Lipinski definition) is 5. The van der Waals surface area contributed by atoms with Crippen LogP contribution in [-0.2, 0) is 43.4 Å². The van der Waals surface area contributed by atoms with Crippen molar-refractivity contribution in [2.45, 2.75) is 169 Å². The molecule has 7 aromatic rings. The molecule has 23 nitrogen and oxygen atoms in total. The smallest absolute Gasteiger partial charge is 0.355 e. The number of β-amino-alcohol motifs (C(OH)–C–C–N with tert-alkyl or cyclic N) is 1. The minimum Gasteiger partial charge on any atom is -0.483 e. The van der Waals surface area contributed by atoms with Gasteiger partial charge < -0.3 is 50.3 Å². The van der Waals surface area contributed by atoms with Gasteiger partial charge in [0.2, 0.25) is 11.8 Å². The van der Waals surface area contributed by atoms with E-state index in [1.807, 2.05) is 85.2 Å². The molecule has 0 spiro atoms. The van der Waals surface area contributed by atoms with Gasteiger partial charge in [-0.2, -0.15) is 5.10 Å². The Kier molecular flexibility index (Phi) is 17.5. The maximum absolute atomic E-state index is 14.8. The Hall–Kier alpha value is -8.04. The maximum atomic E-state index is 14.8. The molecule has 5 aliphatic carbocycles. The van der Waals surface area contributed by atoms with Gasteiger partial charge in [-0.25, -0.2) is 24.1 Å². The molecule has 4 bridgehead atoms. The fraction of sp³-hybridized carbons (Fsp3) is 0.542. The second kappa shape index (κ2) is 25.6. The molecule has 98 heavy (non-hydrogen) atoms. The van der Waals surface area contributed by atoms with Gasteiger partial charge in [0.1, 0.15) is 23.7 Å². The molecule has 8 aliphatic rings. The molecule has 4 amide bonds. The minimum absolute atomic E-state index is 0.0119. The number of carbonyl (C=O) groups excluding carboxylic acids is 4. The van der Waals surface area contributed by atoms with Crippen molar-refractivity contribution in [3.8, 4) is 27.3 Å². The standard InChI is InChI=1S/C72H87FN14O9S2/c1-42-48-12-11-21-85(61(48)82-81-60(42)80-66-77-51-13-9-10-14-54(51)98-66)55-18-17-49(57(78-55)64(92)93)50-31-76-87(44(50)3)40-70-35-68(7)34-69(8,36-70)38-71(37-68,39-70)96-27-26-83-22-24-84(25-23-83)56(89)33-95-53-28-45(58-43(2)75-41-97-58)15-16-46(53)30-74-62(90)52-29-47(88)32-86(52)63(91)59(67(4,5)6)79-65(94)72(73)19-20-72/h9-10,13-18,28,31,41,47,52,59,88H,11-12,19-27,29-30,32-40H2,1-8H3,(H,74,90)(H,79,94)(H,92,93)(H,77,80,81)/t47-,52+,59-,68-,69+,70+,71-/m1/s1. The predicted octanol–water partition coefficient (Wildman–Crippen LogP) is 9.89. The number of aromatic carboxylic acids is 1. The van der Waals surface area contributed by atoms with E-state index in [4.69, 9.17) is 29.6 Å². The number of nitrogens with zero attached hydrogens (tertiary/aromatic N) is 11. The number of nitrogens with one attached hydrogen (secondary N) is 3. The number of hydrogen-bond acceptors (Lipinski definition) is 19. The number of likely N-dealkylation sites (tertiary alicyclic amines) is 1. The van der Waals surface area contributed by atoms with E-state index in [0.717, 1.165) is 112 Å². The summed E-state index contributed by atoms with van der Waals surface area (Å²) in [6.07, 6.45) is 8.73. The van der Waals surface area contributed by atoms with Crippen molar-refractivity contribution in [3.05, 3.63) is 100 Å². The lowest BCUT2D eigenvalue weighted by Gasteiger charge is -2.69. The van der Waals surface area contributed by atoms with Crippen LogP contribution in [0.4, 0.5) is 27.0 Å². The third-order valence-electron chi connectivity index (χ3n) is 21.6. The molecule has 7 fully saturated rings. The van der Waals surface area contributed by atoms with Crippen molar-refractivity contribution in [2.24, 2.45) is 21.7 Å². The first kappa shape index (κ1) is 67.2. The molecule has 26 heteroatoms. The number of pyridine rings is 1. The van der Waals surface area contributed by atoms with Crippen LogP contribution < -0.4 is 25.6 Å². The number of aliphatic hydroxyl groups is 1. The number of carboxylic acids is 1. The minimum atomic E-state index is -2.00. The number of piperazine rings is 1. The summed E-state index contributed by atoms with van der Waals surface area (Å²) >= 11 is 3.04. The molecule has 0 unspecified atom stereocenters. The van der Waals surface area contributed by atoms with E-state index in [1.54, 1.807) is 43.8 Å². The number of para-hydroxylation sites is 1. The largest absolute Gasteiger partial charge is 0.483 e. The fourth-order valence-corrected chi connectivity index (χ4v) is 19.3. The number of rotatable bonds is 21. The van der Waals surface area contributed by atoms with Gasteiger partial charge in [-0.3, -0.25) is 28.8 Å². The zero-order valence-electron chi connectivity index (χ0n) is 57.0. The summed E-state index contributed by atoms with van der Waals surface area (Å²) in [7, 11) is 0. The van der Waals surface area contributed by atoms with Crippen LogP contribution in [0.5, 0.6) is 5.75 Å². The topological polar surface area (TPSA) is 276 Å². The monoisotopic (exact) mass is 1370 g/mol. The first-order valence-corrected chi connectivity index (χ1v) is 36.0. The van der Waals surface area contributed by atoms with Crippen LogP contribution >= 0.6 is 22.7 Å². The lowest BCUT2D eigenvalue weighted by atomic mass is 9.39. The van der Waals surface area contributed by atoms with Crippen LogP contribution in [0.15, 0.2) is 66.3 Å². The van der Waals surface area contributed by atoms with Gasteiger partial charge in [0.05, 0.1) is 50.8 Å². The van der Waals surface area contributed by atoms with Crippen LogP contribution in [0.25, 0.3) is 31.8 Å². The summed E-state index contributed by atoms with van der Waals surface area (Å²) in [4.78, 5) is 90.6. The van der Waals surface area contributed by atoms with E-state index in [-0.39, 0.29) is 72.4 Å². The van der Waals surface area contributed by atoms with Crippen LogP contribution in [0.3, 0.4) is 0 Å². The Labute approximate surface area is 577 Å². The highest BCUT2D eigenvalue weighted by molar-refractivity contribution is 7.22. The van der Waals surface area contributed by atoms with E-state index in [2.05, 4.69) is 49.5 Å². The molecule has 15 rings (SSSR count). The highest BCUT2D eigenvalue weighted by atomic mass is 32.1. The number of fused-ring (bicyclic) bond motifs is 2. The lowest BCUT2D eigenvalue weighted by Crippen LogP contribution is -2.64. The van der Waals surface area contributed by atoms with Crippen molar-refractivity contribution in [1.29, 1.82) is 0 Å². The molecule has 8 heterocycles. The van der Waals surface area contributed by atoms with Crippen molar-refractivity contribution < 1.29 is 48.0 Å². The molecule has 518 valence electrons. The predicted molar refractivity (Wildman–Crippen MR) is 370 cm³/mol. The summed E-state index contributed by atoms with van der Waals surface area (Å²) in [6.45, 7) is 20.7. The summed E-state index contributed by atoms with van der Waals surface area (Å²) in [5.74, 6) is -1.02. The number of aromatic nitrogens is 7. The highest BCUT2D eigenvalue weighted by Gasteiger charge is 2.66. The Balaban J connectivity index is 0.593. The zero-order valence-corrected chi connectivity index (χ0v) is 58.6.